The molecule has 4 heteroatoms. The van der Waals surface area contributed by atoms with Gasteiger partial charge in [-0.3, -0.25) is 0 Å². The van der Waals surface area contributed by atoms with Crippen LogP contribution in [0.4, 0.5) is 5.69 Å². The van der Waals surface area contributed by atoms with Crippen LogP contribution in [0.2, 0.25) is 0 Å². The summed E-state index contributed by atoms with van der Waals surface area (Å²) in [7, 11) is 1.72. The number of aliphatic hydroxyl groups is 1. The zero-order valence-corrected chi connectivity index (χ0v) is 20.7. The SMILES string of the molecule is COC[C@@]1(O)CC[C@H]2[C@H](CC[C@@H]3[C@@H]2CC[C@]2(C)[C@@H]([C@H](C)Nc4ccc(C#N)cc4)CC[C@@H]32)C1. The molecule has 33 heavy (non-hydrogen) atoms. The van der Waals surface area contributed by atoms with Gasteiger partial charge in [-0.25, -0.2) is 0 Å². The average Bonchev–Trinajstić information content (AvgIpc) is 3.16. The second kappa shape index (κ2) is 8.90. The summed E-state index contributed by atoms with van der Waals surface area (Å²) in [6, 6.07) is 10.6. The van der Waals surface area contributed by atoms with Gasteiger partial charge < -0.3 is 15.2 Å². The van der Waals surface area contributed by atoms with Crippen molar-refractivity contribution in [1.29, 1.82) is 5.26 Å². The molecule has 0 radical (unpaired) electrons. The van der Waals surface area contributed by atoms with Gasteiger partial charge in [0.25, 0.3) is 0 Å². The monoisotopic (exact) mass is 450 g/mol. The molecule has 4 fully saturated rings. The molecule has 4 nitrogen and oxygen atoms in total. The van der Waals surface area contributed by atoms with E-state index in [4.69, 9.17) is 10.00 Å². The fourth-order valence-electron chi connectivity index (χ4n) is 9.23. The van der Waals surface area contributed by atoms with Gasteiger partial charge >= 0.3 is 0 Å². The predicted octanol–water partition coefficient (Wildman–Crippen LogP) is 6.00. The zero-order valence-electron chi connectivity index (χ0n) is 20.7. The molecule has 4 aliphatic carbocycles. The van der Waals surface area contributed by atoms with Crippen LogP contribution in [0.3, 0.4) is 0 Å². The van der Waals surface area contributed by atoms with E-state index in [2.05, 4.69) is 37.4 Å². The lowest BCUT2D eigenvalue weighted by Crippen LogP contribution is -2.52. The number of nitriles is 1. The molecule has 2 N–H and O–H groups in total. The average molecular weight is 451 g/mol. The molecule has 1 aromatic carbocycles. The lowest BCUT2D eigenvalue weighted by atomic mass is 9.48. The van der Waals surface area contributed by atoms with Crippen LogP contribution in [0, 0.1) is 52.3 Å². The van der Waals surface area contributed by atoms with Crippen molar-refractivity contribution in [3.63, 3.8) is 0 Å². The molecule has 0 saturated heterocycles. The number of hydrogen-bond acceptors (Lipinski definition) is 4. The molecule has 5 rings (SSSR count). The van der Waals surface area contributed by atoms with Crippen molar-refractivity contribution in [2.45, 2.75) is 83.3 Å². The summed E-state index contributed by atoms with van der Waals surface area (Å²) < 4.78 is 5.36. The molecule has 9 atom stereocenters. The predicted molar refractivity (Wildman–Crippen MR) is 132 cm³/mol. The summed E-state index contributed by atoms with van der Waals surface area (Å²) in [5, 5.41) is 23.9. The topological polar surface area (TPSA) is 65.3 Å². The van der Waals surface area contributed by atoms with E-state index in [1.165, 1.54) is 44.9 Å². The fourth-order valence-corrected chi connectivity index (χ4v) is 9.23. The van der Waals surface area contributed by atoms with Gasteiger partial charge in [0.05, 0.1) is 23.8 Å². The highest BCUT2D eigenvalue weighted by molar-refractivity contribution is 5.48. The third-order valence-electron chi connectivity index (χ3n) is 10.6. The standard InChI is InChI=1S/C29H42N2O2/c1-19(31-22-7-4-20(17-30)5-8-22)26-10-11-27-25-9-6-21-16-29(32,18-33-3)15-13-23(21)24(25)12-14-28(26,27)2/h4-5,7-8,19,21,23-27,31-32H,6,9-16,18H2,1-3H3/t19-,21+,23-,24+,25+,26+,27-,28+,29+/m0/s1. The number of benzene rings is 1. The third kappa shape index (κ3) is 4.10. The molecule has 0 amide bonds. The summed E-state index contributed by atoms with van der Waals surface area (Å²) >= 11 is 0. The number of nitrogens with one attached hydrogen (secondary N) is 1. The van der Waals surface area contributed by atoms with Crippen molar-refractivity contribution in [3.8, 4) is 6.07 Å². The molecule has 180 valence electrons. The first-order valence-corrected chi connectivity index (χ1v) is 13.3. The van der Waals surface area contributed by atoms with Crippen molar-refractivity contribution >= 4 is 5.69 Å². The molecule has 0 heterocycles. The van der Waals surface area contributed by atoms with Gasteiger partial charge in [0, 0.05) is 18.8 Å². The first-order chi connectivity index (χ1) is 15.9. The van der Waals surface area contributed by atoms with E-state index in [9.17, 15) is 5.11 Å². The van der Waals surface area contributed by atoms with Crippen LogP contribution in [0.1, 0.15) is 77.2 Å². The van der Waals surface area contributed by atoms with Gasteiger partial charge in [-0.05, 0) is 130 Å². The lowest BCUT2D eigenvalue weighted by Gasteiger charge is -2.57. The quantitative estimate of drug-likeness (QED) is 0.577. The van der Waals surface area contributed by atoms with Gasteiger partial charge in [0.1, 0.15) is 0 Å². The molecule has 4 aliphatic rings. The molecule has 0 unspecified atom stereocenters. The van der Waals surface area contributed by atoms with Gasteiger partial charge in [0.15, 0.2) is 0 Å². The second-order valence-electron chi connectivity index (χ2n) is 12.2. The Balaban J connectivity index is 1.27. The Morgan fingerprint density at radius 1 is 1.06 bits per heavy atom. The lowest BCUT2D eigenvalue weighted by molar-refractivity contribution is -0.124. The molecule has 0 aliphatic heterocycles. The Morgan fingerprint density at radius 2 is 1.82 bits per heavy atom. The van der Waals surface area contributed by atoms with Crippen LogP contribution >= 0.6 is 0 Å². The molecular formula is C29H42N2O2. The minimum atomic E-state index is -0.586. The number of methoxy groups -OCH3 is 1. The van der Waals surface area contributed by atoms with Gasteiger partial charge in [-0.15, -0.1) is 0 Å². The van der Waals surface area contributed by atoms with E-state index in [1.807, 2.05) is 12.1 Å². The van der Waals surface area contributed by atoms with Crippen molar-refractivity contribution < 1.29 is 9.84 Å². The maximum atomic E-state index is 11.0. The number of anilines is 1. The normalized spacial score (nSPS) is 43.0. The smallest absolute Gasteiger partial charge is 0.0991 e. The highest BCUT2D eigenvalue weighted by Gasteiger charge is 2.58. The summed E-state index contributed by atoms with van der Waals surface area (Å²) in [5.41, 5.74) is 1.70. The molecule has 0 bridgehead atoms. The van der Waals surface area contributed by atoms with Crippen molar-refractivity contribution in [2.24, 2.45) is 40.9 Å². The molecule has 0 aromatic heterocycles. The third-order valence-corrected chi connectivity index (χ3v) is 10.6. The highest BCUT2D eigenvalue weighted by Crippen LogP contribution is 2.65. The molecule has 4 saturated carbocycles. The molecule has 1 aromatic rings. The Labute approximate surface area is 200 Å². The first-order valence-electron chi connectivity index (χ1n) is 13.3. The van der Waals surface area contributed by atoms with Crippen LogP contribution < -0.4 is 5.32 Å². The molecular weight excluding hydrogens is 408 g/mol. The summed E-state index contributed by atoms with van der Waals surface area (Å²) in [6.45, 7) is 5.47. The Hall–Kier alpha value is -1.57. The van der Waals surface area contributed by atoms with Gasteiger partial charge in [-0.1, -0.05) is 6.92 Å². The van der Waals surface area contributed by atoms with Gasteiger partial charge in [0.2, 0.25) is 0 Å². The largest absolute Gasteiger partial charge is 0.387 e. The highest BCUT2D eigenvalue weighted by atomic mass is 16.5. The number of rotatable bonds is 5. The zero-order chi connectivity index (χ0) is 23.2. The number of nitrogens with zero attached hydrogens (tertiary/aromatic N) is 1. The van der Waals surface area contributed by atoms with E-state index in [0.29, 0.717) is 29.9 Å². The van der Waals surface area contributed by atoms with Crippen LogP contribution in [0.25, 0.3) is 0 Å². The number of fused-ring (bicyclic) bond motifs is 5. The van der Waals surface area contributed by atoms with Crippen LogP contribution in [0.5, 0.6) is 0 Å². The van der Waals surface area contributed by atoms with E-state index < -0.39 is 5.60 Å². The minimum Gasteiger partial charge on any atom is -0.387 e. The Kier molecular flexibility index (Phi) is 6.25. The second-order valence-corrected chi connectivity index (χ2v) is 12.2. The number of hydrogen-bond donors (Lipinski definition) is 2. The van der Waals surface area contributed by atoms with Crippen molar-refractivity contribution in [3.05, 3.63) is 29.8 Å². The van der Waals surface area contributed by atoms with E-state index in [-0.39, 0.29) is 0 Å². The Bertz CT molecular complexity index is 879. The van der Waals surface area contributed by atoms with E-state index >= 15 is 0 Å². The van der Waals surface area contributed by atoms with E-state index in [1.54, 1.807) is 7.11 Å². The maximum absolute atomic E-state index is 11.0. The fraction of sp³-hybridized carbons (Fsp3) is 0.759. The summed E-state index contributed by atoms with van der Waals surface area (Å²) in [6.07, 6.45) is 11.2. The first kappa shape index (κ1) is 23.2. The van der Waals surface area contributed by atoms with Crippen LogP contribution in [-0.2, 0) is 4.74 Å². The number of ether oxygens (including phenoxy) is 1. The van der Waals surface area contributed by atoms with Crippen LogP contribution in [-0.4, -0.2) is 30.5 Å². The molecule has 0 spiro atoms. The minimum absolute atomic E-state index is 0.429. The van der Waals surface area contributed by atoms with Crippen LogP contribution in [0.15, 0.2) is 24.3 Å². The summed E-state index contributed by atoms with van der Waals surface area (Å²) in [4.78, 5) is 0. The Morgan fingerprint density at radius 3 is 2.55 bits per heavy atom. The van der Waals surface area contributed by atoms with Crippen molar-refractivity contribution in [2.75, 3.05) is 19.0 Å². The summed E-state index contributed by atoms with van der Waals surface area (Å²) in [5.74, 6) is 4.82. The van der Waals surface area contributed by atoms with Crippen molar-refractivity contribution in [1.82, 2.24) is 0 Å². The van der Waals surface area contributed by atoms with Gasteiger partial charge in [-0.2, -0.15) is 5.26 Å². The van der Waals surface area contributed by atoms with E-state index in [0.717, 1.165) is 47.8 Å². The maximum Gasteiger partial charge on any atom is 0.0991 e.